The van der Waals surface area contributed by atoms with Gasteiger partial charge in [-0.2, -0.15) is 0 Å². The molecule has 0 saturated carbocycles. The van der Waals surface area contributed by atoms with E-state index in [1.54, 1.807) is 18.3 Å². The van der Waals surface area contributed by atoms with Crippen LogP contribution in [0.2, 0.25) is 0 Å². The smallest absolute Gasteiger partial charge is 0.159 e. The molecule has 0 unspecified atom stereocenters. The molecule has 0 aliphatic heterocycles. The molecule has 0 radical (unpaired) electrons. The number of pyridine rings is 1. The Balaban J connectivity index is 2.06. The Bertz CT molecular complexity index is 703. The van der Waals surface area contributed by atoms with E-state index in [2.05, 4.69) is 9.97 Å². The number of aryl methyl sites for hydroxylation is 1. The highest BCUT2D eigenvalue weighted by molar-refractivity contribution is 5.71. The van der Waals surface area contributed by atoms with Crippen LogP contribution in [0.25, 0.3) is 11.2 Å². The minimum absolute atomic E-state index is 0.197. The highest BCUT2D eigenvalue weighted by Crippen LogP contribution is 2.16. The van der Waals surface area contributed by atoms with E-state index in [-0.39, 0.29) is 5.82 Å². The predicted octanol–water partition coefficient (Wildman–Crippen LogP) is 2.70. The fraction of sp³-hybridized carbons (Fsp3) is 0.143. The molecule has 2 heterocycles. The van der Waals surface area contributed by atoms with Crippen LogP contribution >= 0.6 is 0 Å². The molecule has 0 N–H and O–H groups in total. The van der Waals surface area contributed by atoms with Crippen molar-refractivity contribution in [2.24, 2.45) is 7.05 Å². The number of imidazole rings is 1. The van der Waals surface area contributed by atoms with E-state index in [1.165, 1.54) is 6.07 Å². The number of hydrogen-bond donors (Lipinski definition) is 0. The maximum absolute atomic E-state index is 13.6. The van der Waals surface area contributed by atoms with Crippen molar-refractivity contribution in [3.8, 4) is 0 Å². The van der Waals surface area contributed by atoms with Crippen LogP contribution in [0, 0.1) is 5.82 Å². The largest absolute Gasteiger partial charge is 0.316 e. The Morgan fingerprint density at radius 1 is 1.17 bits per heavy atom. The van der Waals surface area contributed by atoms with Gasteiger partial charge in [0.15, 0.2) is 5.65 Å². The van der Waals surface area contributed by atoms with Crippen molar-refractivity contribution in [3.05, 3.63) is 59.8 Å². The van der Waals surface area contributed by atoms with Crippen molar-refractivity contribution in [2.45, 2.75) is 6.42 Å². The van der Waals surface area contributed by atoms with Gasteiger partial charge in [0.05, 0.1) is 0 Å². The summed E-state index contributed by atoms with van der Waals surface area (Å²) in [6.45, 7) is 0. The van der Waals surface area contributed by atoms with Gasteiger partial charge in [-0.05, 0) is 23.8 Å². The lowest BCUT2D eigenvalue weighted by Crippen LogP contribution is -2.01. The second kappa shape index (κ2) is 4.22. The second-order valence-electron chi connectivity index (χ2n) is 4.20. The molecule has 0 bridgehead atoms. The van der Waals surface area contributed by atoms with Crippen LogP contribution in [-0.4, -0.2) is 14.5 Å². The minimum Gasteiger partial charge on any atom is -0.316 e. The zero-order valence-electron chi connectivity index (χ0n) is 9.97. The van der Waals surface area contributed by atoms with E-state index in [0.29, 0.717) is 12.0 Å². The normalized spacial score (nSPS) is 11.0. The molecule has 3 nitrogen and oxygen atoms in total. The van der Waals surface area contributed by atoms with Gasteiger partial charge in [-0.25, -0.2) is 14.4 Å². The molecule has 0 saturated heterocycles. The molecule has 18 heavy (non-hydrogen) atoms. The second-order valence-corrected chi connectivity index (χ2v) is 4.20. The molecule has 0 atom stereocenters. The first-order valence-corrected chi connectivity index (χ1v) is 5.75. The number of nitrogens with zero attached hydrogens (tertiary/aromatic N) is 3. The van der Waals surface area contributed by atoms with Gasteiger partial charge in [0.1, 0.15) is 17.2 Å². The summed E-state index contributed by atoms with van der Waals surface area (Å²) >= 11 is 0. The summed E-state index contributed by atoms with van der Waals surface area (Å²) in [7, 11) is 1.90. The van der Waals surface area contributed by atoms with Crippen molar-refractivity contribution in [3.63, 3.8) is 0 Å². The van der Waals surface area contributed by atoms with Crippen LogP contribution in [0.4, 0.5) is 4.39 Å². The quantitative estimate of drug-likeness (QED) is 0.690. The number of aromatic nitrogens is 3. The maximum atomic E-state index is 13.6. The first kappa shape index (κ1) is 10.9. The van der Waals surface area contributed by atoms with E-state index >= 15 is 0 Å². The standard InChI is InChI=1S/C14H12FN3/c1-18-13(9-10-5-2-3-6-11(10)15)17-12-7-4-8-16-14(12)18/h2-8H,9H2,1H3. The summed E-state index contributed by atoms with van der Waals surface area (Å²) in [6.07, 6.45) is 2.20. The Kier molecular flexibility index (Phi) is 2.55. The fourth-order valence-electron chi connectivity index (χ4n) is 2.04. The number of rotatable bonds is 2. The summed E-state index contributed by atoms with van der Waals surface area (Å²) in [4.78, 5) is 8.75. The Hall–Kier alpha value is -2.23. The molecule has 90 valence electrons. The maximum Gasteiger partial charge on any atom is 0.159 e. The third-order valence-corrected chi connectivity index (χ3v) is 3.03. The zero-order chi connectivity index (χ0) is 12.5. The van der Waals surface area contributed by atoms with Crippen LogP contribution < -0.4 is 0 Å². The van der Waals surface area contributed by atoms with Crippen molar-refractivity contribution < 1.29 is 4.39 Å². The minimum atomic E-state index is -0.197. The van der Waals surface area contributed by atoms with Gasteiger partial charge in [0.25, 0.3) is 0 Å². The molecule has 0 aliphatic rings. The Labute approximate surface area is 104 Å². The fourth-order valence-corrected chi connectivity index (χ4v) is 2.04. The van der Waals surface area contributed by atoms with Gasteiger partial charge < -0.3 is 4.57 Å². The zero-order valence-corrected chi connectivity index (χ0v) is 9.97. The van der Waals surface area contributed by atoms with Crippen molar-refractivity contribution in [2.75, 3.05) is 0 Å². The van der Waals surface area contributed by atoms with Crippen molar-refractivity contribution >= 4 is 11.2 Å². The summed E-state index contributed by atoms with van der Waals surface area (Å²) in [5.74, 6) is 0.617. The molecule has 3 aromatic rings. The van der Waals surface area contributed by atoms with E-state index < -0.39 is 0 Å². The van der Waals surface area contributed by atoms with Crippen LogP contribution in [-0.2, 0) is 13.5 Å². The molecule has 4 heteroatoms. The molecular weight excluding hydrogens is 229 g/mol. The highest BCUT2D eigenvalue weighted by Gasteiger charge is 2.10. The van der Waals surface area contributed by atoms with E-state index in [4.69, 9.17) is 0 Å². The predicted molar refractivity (Wildman–Crippen MR) is 67.7 cm³/mol. The van der Waals surface area contributed by atoms with Crippen LogP contribution in [0.3, 0.4) is 0 Å². The summed E-state index contributed by atoms with van der Waals surface area (Å²) in [5, 5.41) is 0. The van der Waals surface area contributed by atoms with Gasteiger partial charge in [-0.3, -0.25) is 0 Å². The number of hydrogen-bond acceptors (Lipinski definition) is 2. The third-order valence-electron chi connectivity index (χ3n) is 3.03. The first-order valence-electron chi connectivity index (χ1n) is 5.75. The summed E-state index contributed by atoms with van der Waals surface area (Å²) < 4.78 is 15.5. The topological polar surface area (TPSA) is 30.7 Å². The van der Waals surface area contributed by atoms with Crippen LogP contribution in [0.1, 0.15) is 11.4 Å². The Morgan fingerprint density at radius 2 is 2.00 bits per heavy atom. The third kappa shape index (κ3) is 1.76. The van der Waals surface area contributed by atoms with Crippen LogP contribution in [0.15, 0.2) is 42.6 Å². The van der Waals surface area contributed by atoms with Gasteiger partial charge in [-0.15, -0.1) is 0 Å². The summed E-state index contributed by atoms with van der Waals surface area (Å²) in [6, 6.07) is 10.5. The molecular formula is C14H12FN3. The van der Waals surface area contributed by atoms with Gasteiger partial charge in [-0.1, -0.05) is 18.2 Å². The van der Waals surface area contributed by atoms with E-state index in [9.17, 15) is 4.39 Å². The van der Waals surface area contributed by atoms with E-state index in [0.717, 1.165) is 17.0 Å². The van der Waals surface area contributed by atoms with Crippen LogP contribution in [0.5, 0.6) is 0 Å². The summed E-state index contributed by atoms with van der Waals surface area (Å²) in [5.41, 5.74) is 2.31. The average molecular weight is 241 g/mol. The van der Waals surface area contributed by atoms with Crippen molar-refractivity contribution in [1.82, 2.24) is 14.5 Å². The SMILES string of the molecule is Cn1c(Cc2ccccc2F)nc2cccnc21. The number of fused-ring (bicyclic) bond motifs is 1. The Morgan fingerprint density at radius 3 is 2.78 bits per heavy atom. The van der Waals surface area contributed by atoms with E-state index in [1.807, 2.05) is 29.8 Å². The van der Waals surface area contributed by atoms with Crippen molar-refractivity contribution in [1.29, 1.82) is 0 Å². The molecule has 0 fully saturated rings. The highest BCUT2D eigenvalue weighted by atomic mass is 19.1. The number of benzene rings is 1. The lowest BCUT2D eigenvalue weighted by molar-refractivity contribution is 0.610. The monoisotopic (exact) mass is 241 g/mol. The molecule has 3 rings (SSSR count). The van der Waals surface area contributed by atoms with Gasteiger partial charge in [0, 0.05) is 19.7 Å². The van der Waals surface area contributed by atoms with Gasteiger partial charge in [0.2, 0.25) is 0 Å². The molecule has 0 amide bonds. The molecule has 1 aromatic carbocycles. The molecule has 0 spiro atoms. The number of halogens is 1. The lowest BCUT2D eigenvalue weighted by atomic mass is 10.1. The lowest BCUT2D eigenvalue weighted by Gasteiger charge is -2.03. The van der Waals surface area contributed by atoms with Gasteiger partial charge >= 0.3 is 0 Å². The molecule has 0 aliphatic carbocycles. The molecule has 2 aromatic heterocycles. The average Bonchev–Trinajstić information content (AvgIpc) is 2.70. The first-order chi connectivity index (χ1) is 8.75.